The maximum absolute atomic E-state index is 4.89. The summed E-state index contributed by atoms with van der Waals surface area (Å²) in [6.45, 7) is 0. The van der Waals surface area contributed by atoms with E-state index in [1.807, 2.05) is 0 Å². The van der Waals surface area contributed by atoms with Crippen LogP contribution in [-0.4, -0.2) is 6.21 Å². The molecule has 0 spiro atoms. The van der Waals surface area contributed by atoms with Gasteiger partial charge in [-0.25, -0.2) is 0 Å². The number of hydrogen-bond donors (Lipinski definition) is 2. The zero-order valence-electron chi connectivity index (χ0n) is 3.33. The first kappa shape index (κ1) is 5.01. The van der Waals surface area contributed by atoms with Crippen LogP contribution in [0.2, 0.25) is 0 Å². The molecule has 0 heterocycles. The van der Waals surface area contributed by atoms with Crippen LogP contribution in [0.1, 0.15) is 0 Å². The quantitative estimate of drug-likeness (QED) is 0.254. The normalized spacial score (nSPS) is 11.3. The summed E-state index contributed by atoms with van der Waals surface area (Å²) in [4.78, 5) is 0. The second kappa shape index (κ2) is 4.01. The minimum atomic E-state index is 1.36. The number of nitrogens with two attached hydrogens (primary N) is 2. The van der Waals surface area contributed by atoms with Gasteiger partial charge in [-0.1, -0.05) is 0 Å². The van der Waals surface area contributed by atoms with Gasteiger partial charge in [0.05, 0.1) is 0 Å². The Hall–Kier alpha value is -0.990. The lowest BCUT2D eigenvalue weighted by molar-refractivity contribution is 1.27. The Morgan fingerprint density at radius 3 is 2.33 bits per heavy atom. The molecule has 3 nitrogen and oxygen atoms in total. The van der Waals surface area contributed by atoms with Crippen molar-refractivity contribution in [1.29, 1.82) is 0 Å². The molecule has 34 valence electrons. The summed E-state index contributed by atoms with van der Waals surface area (Å²) in [6.07, 6.45) is 4.30. The standard InChI is InChI=1S/C3H7N3/c4-2-1-3-6-5/h1-3H,4-5H2/b2-1+,6-3-. The molecule has 0 rings (SSSR count). The van der Waals surface area contributed by atoms with Gasteiger partial charge in [-0.2, -0.15) is 5.10 Å². The zero-order chi connectivity index (χ0) is 4.83. The van der Waals surface area contributed by atoms with E-state index in [0.29, 0.717) is 0 Å². The van der Waals surface area contributed by atoms with E-state index in [1.165, 1.54) is 12.4 Å². The fourth-order valence-electron chi connectivity index (χ4n) is 0.0994. The van der Waals surface area contributed by atoms with Crippen LogP contribution in [-0.2, 0) is 0 Å². The van der Waals surface area contributed by atoms with Crippen LogP contribution in [0.3, 0.4) is 0 Å². The Bertz CT molecular complexity index is 54.4. The van der Waals surface area contributed by atoms with E-state index in [1.54, 1.807) is 6.08 Å². The predicted octanol–water partition coefficient (Wildman–Crippen LogP) is -0.597. The number of hydrogen-bond acceptors (Lipinski definition) is 3. The molecule has 0 aliphatic carbocycles. The van der Waals surface area contributed by atoms with Gasteiger partial charge >= 0.3 is 0 Å². The molecule has 0 radical (unpaired) electrons. The molecule has 0 saturated heterocycles. The second-order valence-electron chi connectivity index (χ2n) is 0.683. The van der Waals surface area contributed by atoms with Crippen molar-refractivity contribution < 1.29 is 0 Å². The van der Waals surface area contributed by atoms with Gasteiger partial charge in [0, 0.05) is 6.21 Å². The molecule has 0 aromatic carbocycles. The Kier molecular flexibility index (Phi) is 3.35. The third kappa shape index (κ3) is 3.01. The highest BCUT2D eigenvalue weighted by molar-refractivity contribution is 5.70. The molecule has 6 heavy (non-hydrogen) atoms. The largest absolute Gasteiger partial charge is 0.405 e. The first-order valence-corrected chi connectivity index (χ1v) is 1.52. The Balaban J connectivity index is 3.07. The van der Waals surface area contributed by atoms with Crippen LogP contribution in [0.15, 0.2) is 17.4 Å². The van der Waals surface area contributed by atoms with Crippen molar-refractivity contribution in [3.05, 3.63) is 12.3 Å². The maximum Gasteiger partial charge on any atom is 0.0479 e. The van der Waals surface area contributed by atoms with E-state index in [2.05, 4.69) is 10.9 Å². The van der Waals surface area contributed by atoms with Crippen LogP contribution < -0.4 is 11.6 Å². The zero-order valence-corrected chi connectivity index (χ0v) is 3.33. The summed E-state index contributed by atoms with van der Waals surface area (Å²) >= 11 is 0. The summed E-state index contributed by atoms with van der Waals surface area (Å²) in [5, 5.41) is 3.13. The molecule has 4 N–H and O–H groups in total. The number of rotatable bonds is 1. The third-order valence-corrected chi connectivity index (χ3v) is 0.283. The van der Waals surface area contributed by atoms with E-state index < -0.39 is 0 Å². The number of nitrogens with zero attached hydrogens (tertiary/aromatic N) is 1. The molecule has 0 aromatic heterocycles. The Labute approximate surface area is 36.3 Å². The summed E-state index contributed by atoms with van der Waals surface area (Å²) in [7, 11) is 0. The van der Waals surface area contributed by atoms with E-state index in [-0.39, 0.29) is 0 Å². The summed E-state index contributed by atoms with van der Waals surface area (Å²) < 4.78 is 0. The molecule has 0 atom stereocenters. The van der Waals surface area contributed by atoms with Gasteiger partial charge < -0.3 is 11.6 Å². The summed E-state index contributed by atoms with van der Waals surface area (Å²) in [5.41, 5.74) is 4.89. The molecule has 3 heteroatoms. The van der Waals surface area contributed by atoms with E-state index in [9.17, 15) is 0 Å². The van der Waals surface area contributed by atoms with Gasteiger partial charge in [-0.15, -0.1) is 0 Å². The van der Waals surface area contributed by atoms with Crippen LogP contribution in [0, 0.1) is 0 Å². The molecule has 0 amide bonds. The fourth-order valence-corrected chi connectivity index (χ4v) is 0.0994. The average Bonchev–Trinajstić information content (AvgIpc) is 1.61. The second-order valence-corrected chi connectivity index (χ2v) is 0.683. The van der Waals surface area contributed by atoms with Crippen molar-refractivity contribution in [3.8, 4) is 0 Å². The highest BCUT2D eigenvalue weighted by Crippen LogP contribution is 1.50. The lowest BCUT2D eigenvalue weighted by atomic mass is 10.7. The van der Waals surface area contributed by atoms with Crippen molar-refractivity contribution >= 4 is 6.21 Å². The lowest BCUT2D eigenvalue weighted by Crippen LogP contribution is -1.80. The molecule has 0 unspecified atom stereocenters. The SMILES string of the molecule is N/C=C/C=N\N. The van der Waals surface area contributed by atoms with Crippen LogP contribution in [0.5, 0.6) is 0 Å². The topological polar surface area (TPSA) is 64.4 Å². The van der Waals surface area contributed by atoms with Crippen molar-refractivity contribution in [2.24, 2.45) is 16.7 Å². The van der Waals surface area contributed by atoms with Gasteiger partial charge in [0.15, 0.2) is 0 Å². The van der Waals surface area contributed by atoms with Crippen molar-refractivity contribution in [3.63, 3.8) is 0 Å². The van der Waals surface area contributed by atoms with Gasteiger partial charge in [0.25, 0.3) is 0 Å². The van der Waals surface area contributed by atoms with Crippen LogP contribution >= 0.6 is 0 Å². The Morgan fingerprint density at radius 2 is 2.17 bits per heavy atom. The molecule has 0 fully saturated rings. The minimum Gasteiger partial charge on any atom is -0.405 e. The lowest BCUT2D eigenvalue weighted by Gasteiger charge is -1.65. The Morgan fingerprint density at radius 1 is 1.50 bits per heavy atom. The minimum absolute atomic E-state index is 1.36. The van der Waals surface area contributed by atoms with E-state index >= 15 is 0 Å². The van der Waals surface area contributed by atoms with E-state index in [4.69, 9.17) is 5.73 Å². The molecule has 0 aromatic rings. The van der Waals surface area contributed by atoms with Crippen molar-refractivity contribution in [2.75, 3.05) is 0 Å². The molecular formula is C3H7N3. The highest BCUT2D eigenvalue weighted by Gasteiger charge is 1.49. The molecule has 0 bridgehead atoms. The van der Waals surface area contributed by atoms with Gasteiger partial charge in [-0.3, -0.25) is 0 Å². The molecule has 0 saturated carbocycles. The first-order chi connectivity index (χ1) is 2.91. The van der Waals surface area contributed by atoms with Gasteiger partial charge in [0.1, 0.15) is 0 Å². The predicted molar refractivity (Wildman–Crippen MR) is 26.0 cm³/mol. The van der Waals surface area contributed by atoms with Crippen molar-refractivity contribution in [2.45, 2.75) is 0 Å². The summed E-state index contributed by atoms with van der Waals surface area (Å²) in [5.74, 6) is 4.68. The third-order valence-electron chi connectivity index (χ3n) is 0.283. The first-order valence-electron chi connectivity index (χ1n) is 1.52. The number of hydrazone groups is 1. The fraction of sp³-hybridized carbons (Fsp3) is 0. The maximum atomic E-state index is 4.89. The smallest absolute Gasteiger partial charge is 0.0479 e. The van der Waals surface area contributed by atoms with Gasteiger partial charge in [-0.05, 0) is 12.3 Å². The van der Waals surface area contributed by atoms with Gasteiger partial charge in [0.2, 0.25) is 0 Å². The summed E-state index contributed by atoms with van der Waals surface area (Å²) in [6, 6.07) is 0. The molecule has 0 aliphatic rings. The highest BCUT2D eigenvalue weighted by atomic mass is 15.1. The average molecular weight is 85.1 g/mol. The van der Waals surface area contributed by atoms with E-state index in [0.717, 1.165) is 0 Å². The number of allylic oxidation sites excluding steroid dienone is 1. The van der Waals surface area contributed by atoms with Crippen LogP contribution in [0.4, 0.5) is 0 Å². The monoisotopic (exact) mass is 85.1 g/mol. The van der Waals surface area contributed by atoms with Crippen LogP contribution in [0.25, 0.3) is 0 Å². The van der Waals surface area contributed by atoms with Crippen molar-refractivity contribution in [1.82, 2.24) is 0 Å². The molecule has 0 aliphatic heterocycles. The molecular weight excluding hydrogens is 78.1 g/mol.